The molecule has 0 aromatic heterocycles. The maximum absolute atomic E-state index is 14.1. The first-order valence-corrected chi connectivity index (χ1v) is 16.6. The van der Waals surface area contributed by atoms with Gasteiger partial charge in [0, 0.05) is 40.2 Å². The van der Waals surface area contributed by atoms with E-state index in [2.05, 4.69) is 135 Å². The van der Waals surface area contributed by atoms with Crippen LogP contribution in [-0.4, -0.2) is 26.1 Å². The van der Waals surface area contributed by atoms with Crippen LogP contribution in [0.25, 0.3) is 43.8 Å². The topological polar surface area (TPSA) is 28.0 Å². The Labute approximate surface area is 286 Å². The number of hydrogen-bond donors (Lipinski definition) is 0. The molecular formula is C45H36FN3. The average molecular weight is 638 g/mol. The Morgan fingerprint density at radius 1 is 0.714 bits per heavy atom. The molecule has 238 valence electrons. The second-order valence-corrected chi connectivity index (χ2v) is 13.3. The van der Waals surface area contributed by atoms with E-state index in [4.69, 9.17) is 4.99 Å². The van der Waals surface area contributed by atoms with Crippen LogP contribution in [-0.2, 0) is 5.41 Å². The van der Waals surface area contributed by atoms with Gasteiger partial charge in [-0.2, -0.15) is 0 Å². The number of benzene rings is 7. The van der Waals surface area contributed by atoms with Gasteiger partial charge >= 0.3 is 0 Å². The third kappa shape index (κ3) is 5.12. The maximum Gasteiger partial charge on any atom is 0.123 e. The molecule has 7 aromatic carbocycles. The van der Waals surface area contributed by atoms with Gasteiger partial charge in [0.2, 0.25) is 0 Å². The quantitative estimate of drug-likeness (QED) is 0.160. The van der Waals surface area contributed by atoms with Crippen molar-refractivity contribution in [1.82, 2.24) is 0 Å². The van der Waals surface area contributed by atoms with E-state index in [1.54, 1.807) is 12.1 Å². The van der Waals surface area contributed by atoms with E-state index in [0.29, 0.717) is 6.67 Å². The van der Waals surface area contributed by atoms with Gasteiger partial charge in [0.1, 0.15) is 12.5 Å². The van der Waals surface area contributed by atoms with Crippen LogP contribution >= 0.6 is 0 Å². The van der Waals surface area contributed by atoms with Crippen molar-refractivity contribution in [3.8, 4) is 22.3 Å². The highest BCUT2D eigenvalue weighted by molar-refractivity contribution is 6.19. The predicted octanol–water partition coefficient (Wildman–Crippen LogP) is 11.4. The Hall–Kier alpha value is -5.87. The summed E-state index contributed by atoms with van der Waals surface area (Å²) >= 11 is 0. The first-order valence-electron chi connectivity index (χ1n) is 16.6. The van der Waals surface area contributed by atoms with Gasteiger partial charge in [0.05, 0.1) is 11.4 Å². The van der Waals surface area contributed by atoms with E-state index >= 15 is 0 Å². The number of aliphatic imine (C=N–C) groups is 2. The normalized spacial score (nSPS) is 13.3. The molecule has 0 aliphatic heterocycles. The van der Waals surface area contributed by atoms with E-state index < -0.39 is 0 Å². The zero-order valence-electron chi connectivity index (χ0n) is 27.9. The third-order valence-electron chi connectivity index (χ3n) is 10.0. The van der Waals surface area contributed by atoms with Crippen molar-refractivity contribution >= 4 is 45.3 Å². The van der Waals surface area contributed by atoms with Crippen molar-refractivity contribution in [3.63, 3.8) is 0 Å². The van der Waals surface area contributed by atoms with Crippen molar-refractivity contribution in [2.45, 2.75) is 19.3 Å². The van der Waals surface area contributed by atoms with Crippen molar-refractivity contribution < 1.29 is 4.39 Å². The molecular weight excluding hydrogens is 602 g/mol. The minimum atomic E-state index is -0.289. The summed E-state index contributed by atoms with van der Waals surface area (Å²) in [6, 6.07) is 47.4. The largest absolute Gasteiger partial charge is 0.355 e. The molecule has 0 heterocycles. The minimum absolute atomic E-state index is 0.206. The molecule has 49 heavy (non-hydrogen) atoms. The Morgan fingerprint density at radius 2 is 1.41 bits per heavy atom. The van der Waals surface area contributed by atoms with Crippen molar-refractivity contribution in [2.75, 3.05) is 18.6 Å². The van der Waals surface area contributed by atoms with Gasteiger partial charge in [-0.05, 0) is 93.2 Å². The highest BCUT2D eigenvalue weighted by atomic mass is 19.1. The molecule has 0 amide bonds. The lowest BCUT2D eigenvalue weighted by Gasteiger charge is -2.29. The van der Waals surface area contributed by atoms with Crippen LogP contribution in [0.2, 0.25) is 0 Å². The minimum Gasteiger partial charge on any atom is -0.355 e. The van der Waals surface area contributed by atoms with Crippen LogP contribution in [0.3, 0.4) is 0 Å². The molecule has 0 spiro atoms. The molecule has 0 unspecified atom stereocenters. The number of nitrogens with zero attached hydrogens (tertiary/aromatic N) is 3. The second-order valence-electron chi connectivity index (χ2n) is 13.3. The summed E-state index contributed by atoms with van der Waals surface area (Å²) in [6.07, 6.45) is 0. The van der Waals surface area contributed by atoms with Crippen LogP contribution < -0.4 is 4.90 Å². The lowest BCUT2D eigenvalue weighted by molar-refractivity contribution is 0.628. The molecule has 0 fully saturated rings. The van der Waals surface area contributed by atoms with E-state index in [1.165, 1.54) is 56.3 Å². The number of fused-ring (bicyclic) bond motifs is 5. The zero-order chi connectivity index (χ0) is 33.7. The molecule has 1 aliphatic carbocycles. The fraction of sp³-hybridized carbons (Fsp3) is 0.111. The molecule has 4 heteroatoms. The number of anilines is 1. The highest BCUT2D eigenvalue weighted by Gasteiger charge is 2.38. The van der Waals surface area contributed by atoms with Crippen molar-refractivity contribution in [3.05, 3.63) is 168 Å². The van der Waals surface area contributed by atoms with Crippen LogP contribution in [0.1, 0.15) is 36.1 Å². The van der Waals surface area contributed by atoms with Crippen molar-refractivity contribution in [2.24, 2.45) is 9.98 Å². The number of rotatable bonds is 7. The van der Waals surface area contributed by atoms with Crippen molar-refractivity contribution in [1.29, 1.82) is 0 Å². The number of halogens is 1. The summed E-state index contributed by atoms with van der Waals surface area (Å²) in [6.45, 7) is 8.96. The molecule has 0 bridgehead atoms. The number of hydrogen-bond acceptors (Lipinski definition) is 3. The molecule has 0 saturated heterocycles. The van der Waals surface area contributed by atoms with E-state index in [0.717, 1.165) is 39.0 Å². The maximum atomic E-state index is 14.1. The molecule has 0 atom stereocenters. The third-order valence-corrected chi connectivity index (χ3v) is 10.0. The standard InChI is InChI=1S/C45H36FN3/c1-45(2)39-16-10-9-15-36(39)37-25-26-40(41(42(37)45)33-18-17-29-11-5-6-13-32(29)27-33)49(4)28-48-43(31-19-22-34(46)23-20-31)38-24-21-30-12-7-8-14-35(30)44(38)47-3/h5-27H,3,28H2,1-2,4H3/b48-43-. The smallest absolute Gasteiger partial charge is 0.123 e. The molecule has 0 N–H and O–H groups in total. The van der Waals surface area contributed by atoms with E-state index in [9.17, 15) is 4.39 Å². The van der Waals surface area contributed by atoms with Gasteiger partial charge in [-0.1, -0.05) is 111 Å². The molecule has 7 aromatic rings. The molecule has 3 nitrogen and oxygen atoms in total. The van der Waals surface area contributed by atoms with Gasteiger partial charge in [0.25, 0.3) is 0 Å². The summed E-state index contributed by atoms with van der Waals surface area (Å²) in [4.78, 5) is 12.0. The van der Waals surface area contributed by atoms with Gasteiger partial charge in [-0.3, -0.25) is 9.98 Å². The fourth-order valence-electron chi connectivity index (χ4n) is 7.63. The SMILES string of the molecule is C=Nc1c(/C(=N\CN(C)c2ccc3c(c2-c2ccc4ccccc4c2)C(C)(C)c2ccccc2-3)c2ccc(F)cc2)ccc2ccccc12. The molecule has 0 radical (unpaired) electrons. The van der Waals surface area contributed by atoms with Gasteiger partial charge in [0.15, 0.2) is 0 Å². The van der Waals surface area contributed by atoms with Gasteiger partial charge in [-0.15, -0.1) is 0 Å². The average Bonchev–Trinajstić information content (AvgIpc) is 3.37. The fourth-order valence-corrected chi connectivity index (χ4v) is 7.63. The predicted molar refractivity (Wildman–Crippen MR) is 205 cm³/mol. The zero-order valence-corrected chi connectivity index (χ0v) is 27.9. The Bertz CT molecular complexity index is 2440. The van der Waals surface area contributed by atoms with Crippen LogP contribution in [0.4, 0.5) is 15.8 Å². The first-order chi connectivity index (χ1) is 23.8. The second kappa shape index (κ2) is 12.0. The molecule has 8 rings (SSSR count). The lowest BCUT2D eigenvalue weighted by Crippen LogP contribution is -2.22. The Balaban J connectivity index is 1.30. The molecule has 0 saturated carbocycles. The van der Waals surface area contributed by atoms with Crippen LogP contribution in [0, 0.1) is 5.82 Å². The summed E-state index contributed by atoms with van der Waals surface area (Å²) in [5.41, 5.74) is 11.7. The molecule has 1 aliphatic rings. The lowest BCUT2D eigenvalue weighted by atomic mass is 9.78. The summed E-state index contributed by atoms with van der Waals surface area (Å²) < 4.78 is 14.1. The van der Waals surface area contributed by atoms with E-state index in [1.807, 2.05) is 18.2 Å². The summed E-state index contributed by atoms with van der Waals surface area (Å²) in [7, 11) is 2.10. The van der Waals surface area contributed by atoms with Gasteiger partial charge in [-0.25, -0.2) is 4.39 Å². The Kier molecular flexibility index (Phi) is 7.45. The first kappa shape index (κ1) is 30.5. The summed E-state index contributed by atoms with van der Waals surface area (Å²) in [5.74, 6) is -0.289. The highest BCUT2D eigenvalue weighted by Crippen LogP contribution is 2.54. The Morgan fingerprint density at radius 3 is 2.20 bits per heavy atom. The van der Waals surface area contributed by atoms with Gasteiger partial charge < -0.3 is 4.90 Å². The van der Waals surface area contributed by atoms with Crippen LogP contribution in [0.5, 0.6) is 0 Å². The monoisotopic (exact) mass is 637 g/mol. The van der Waals surface area contributed by atoms with Crippen LogP contribution in [0.15, 0.2) is 150 Å². The summed E-state index contributed by atoms with van der Waals surface area (Å²) in [5, 5.41) is 4.49. The van der Waals surface area contributed by atoms with E-state index in [-0.39, 0.29) is 11.2 Å².